The summed E-state index contributed by atoms with van der Waals surface area (Å²) >= 11 is 0. The van der Waals surface area contributed by atoms with Crippen LogP contribution in [0.2, 0.25) is 0 Å². The van der Waals surface area contributed by atoms with Crippen LogP contribution in [-0.2, 0) is 4.79 Å². The molecular weight excluding hydrogens is 246 g/mol. The summed E-state index contributed by atoms with van der Waals surface area (Å²) in [6, 6.07) is 1.76. The van der Waals surface area contributed by atoms with Crippen molar-refractivity contribution in [2.75, 3.05) is 18.5 Å². The number of carboxylic acid groups (broad SMARTS) is 1. The second-order valence-electron chi connectivity index (χ2n) is 4.93. The lowest BCUT2D eigenvalue weighted by Crippen LogP contribution is -2.30. The highest BCUT2D eigenvalue weighted by molar-refractivity contribution is 5.70. The molecule has 106 valence electrons. The van der Waals surface area contributed by atoms with E-state index in [1.54, 1.807) is 24.9 Å². The topological polar surface area (TPSA) is 75.5 Å². The summed E-state index contributed by atoms with van der Waals surface area (Å²) in [6.07, 6.45) is 0.0328. The number of aliphatic carboxylic acids is 1. The molecule has 0 spiro atoms. The molecule has 0 aliphatic rings. The van der Waals surface area contributed by atoms with Gasteiger partial charge in [0.2, 0.25) is 11.8 Å². The Hall–Kier alpha value is -1.85. The molecule has 1 atom stereocenters. The number of aryl methyl sites for hydroxylation is 1. The van der Waals surface area contributed by atoms with Crippen LogP contribution in [0.4, 0.5) is 5.95 Å². The van der Waals surface area contributed by atoms with Crippen LogP contribution < -0.4 is 9.64 Å². The van der Waals surface area contributed by atoms with Gasteiger partial charge in [-0.2, -0.15) is 4.98 Å². The fourth-order valence-corrected chi connectivity index (χ4v) is 1.57. The zero-order valence-corrected chi connectivity index (χ0v) is 12.0. The van der Waals surface area contributed by atoms with E-state index < -0.39 is 11.9 Å². The van der Waals surface area contributed by atoms with Crippen LogP contribution in [0.1, 0.15) is 26.5 Å². The molecule has 1 rings (SSSR count). The van der Waals surface area contributed by atoms with E-state index in [2.05, 4.69) is 9.97 Å². The molecule has 0 aliphatic carbocycles. The zero-order chi connectivity index (χ0) is 14.6. The van der Waals surface area contributed by atoms with Crippen molar-refractivity contribution in [3.05, 3.63) is 11.8 Å². The molecule has 0 aliphatic heterocycles. The number of aromatic nitrogens is 2. The number of rotatable bonds is 6. The van der Waals surface area contributed by atoms with Crippen molar-refractivity contribution in [2.45, 2.75) is 33.8 Å². The van der Waals surface area contributed by atoms with Crippen molar-refractivity contribution in [1.29, 1.82) is 0 Å². The Morgan fingerprint density at radius 2 is 2.05 bits per heavy atom. The molecule has 1 aromatic rings. The summed E-state index contributed by atoms with van der Waals surface area (Å²) in [5, 5.41) is 8.91. The van der Waals surface area contributed by atoms with Gasteiger partial charge < -0.3 is 14.7 Å². The summed E-state index contributed by atoms with van der Waals surface area (Å²) in [5.41, 5.74) is 0.787. The highest BCUT2D eigenvalue weighted by atomic mass is 16.5. The van der Waals surface area contributed by atoms with Crippen LogP contribution in [0.15, 0.2) is 6.07 Å². The van der Waals surface area contributed by atoms with E-state index in [0.29, 0.717) is 18.4 Å². The third-order valence-electron chi connectivity index (χ3n) is 2.49. The molecule has 0 saturated heterocycles. The predicted molar refractivity (Wildman–Crippen MR) is 72.6 cm³/mol. The molecule has 0 bridgehead atoms. The third-order valence-corrected chi connectivity index (χ3v) is 2.49. The van der Waals surface area contributed by atoms with Crippen molar-refractivity contribution < 1.29 is 14.6 Å². The maximum atomic E-state index is 10.9. The van der Waals surface area contributed by atoms with Gasteiger partial charge in [0.1, 0.15) is 0 Å². The number of nitrogens with zero attached hydrogens (tertiary/aromatic N) is 3. The molecule has 1 N–H and O–H groups in total. The number of carboxylic acids is 1. The number of ether oxygens (including phenoxy) is 1. The Balaban J connectivity index is 2.87. The van der Waals surface area contributed by atoms with Crippen molar-refractivity contribution in [2.24, 2.45) is 5.92 Å². The lowest BCUT2D eigenvalue weighted by Gasteiger charge is -2.20. The van der Waals surface area contributed by atoms with Crippen LogP contribution in [0.5, 0.6) is 5.88 Å². The third kappa shape index (κ3) is 4.73. The first kappa shape index (κ1) is 15.2. The van der Waals surface area contributed by atoms with E-state index in [1.165, 1.54) is 0 Å². The van der Waals surface area contributed by atoms with Gasteiger partial charge in [0.15, 0.2) is 0 Å². The van der Waals surface area contributed by atoms with Gasteiger partial charge >= 0.3 is 5.97 Å². The lowest BCUT2D eigenvalue weighted by atomic mass is 10.2. The average molecular weight is 267 g/mol. The summed E-state index contributed by atoms with van der Waals surface area (Å²) in [4.78, 5) is 21.2. The van der Waals surface area contributed by atoms with Gasteiger partial charge in [0.05, 0.1) is 12.0 Å². The highest BCUT2D eigenvalue weighted by Crippen LogP contribution is 2.16. The molecule has 6 heteroatoms. The minimum Gasteiger partial charge on any atom is -0.481 e. The van der Waals surface area contributed by atoms with Crippen LogP contribution in [0.3, 0.4) is 0 Å². The summed E-state index contributed by atoms with van der Waals surface area (Å²) in [5.74, 6) is -0.335. The maximum absolute atomic E-state index is 10.9. The average Bonchev–Trinajstić information content (AvgIpc) is 2.26. The molecular formula is C13H21N3O3. The lowest BCUT2D eigenvalue weighted by molar-refractivity contribution is -0.140. The molecule has 19 heavy (non-hydrogen) atoms. The van der Waals surface area contributed by atoms with E-state index in [0.717, 1.165) is 5.69 Å². The molecule has 0 saturated carbocycles. The molecule has 0 radical (unpaired) electrons. The first-order valence-electron chi connectivity index (χ1n) is 6.26. The molecule has 0 aromatic carbocycles. The maximum Gasteiger partial charge on any atom is 0.308 e. The predicted octanol–water partition coefficient (Wildman–Crippen LogP) is 1.73. The summed E-state index contributed by atoms with van der Waals surface area (Å²) in [7, 11) is 1.77. The van der Waals surface area contributed by atoms with Gasteiger partial charge in [0, 0.05) is 25.4 Å². The van der Waals surface area contributed by atoms with E-state index in [4.69, 9.17) is 9.84 Å². The number of anilines is 1. The summed E-state index contributed by atoms with van der Waals surface area (Å²) < 4.78 is 5.54. The van der Waals surface area contributed by atoms with Gasteiger partial charge in [-0.25, -0.2) is 4.98 Å². The van der Waals surface area contributed by atoms with Crippen LogP contribution in [0, 0.1) is 12.8 Å². The Labute approximate surface area is 113 Å². The van der Waals surface area contributed by atoms with E-state index in [-0.39, 0.29) is 6.10 Å². The second kappa shape index (κ2) is 6.36. The van der Waals surface area contributed by atoms with Crippen LogP contribution in [0.25, 0.3) is 0 Å². The molecule has 6 nitrogen and oxygen atoms in total. The molecule has 1 heterocycles. The van der Waals surface area contributed by atoms with Gasteiger partial charge in [0.25, 0.3) is 0 Å². The molecule has 1 unspecified atom stereocenters. The summed E-state index contributed by atoms with van der Waals surface area (Å²) in [6.45, 7) is 7.70. The Bertz CT molecular complexity index is 449. The fourth-order valence-electron chi connectivity index (χ4n) is 1.57. The Morgan fingerprint density at radius 3 is 2.58 bits per heavy atom. The quantitative estimate of drug-likeness (QED) is 0.846. The van der Waals surface area contributed by atoms with E-state index in [9.17, 15) is 4.79 Å². The number of hydrogen-bond acceptors (Lipinski definition) is 5. The second-order valence-corrected chi connectivity index (χ2v) is 4.93. The van der Waals surface area contributed by atoms with Crippen LogP contribution in [-0.4, -0.2) is 40.7 Å². The minimum absolute atomic E-state index is 0.0328. The van der Waals surface area contributed by atoms with E-state index >= 15 is 0 Å². The van der Waals surface area contributed by atoms with Crippen molar-refractivity contribution >= 4 is 11.9 Å². The molecule has 0 amide bonds. The normalized spacial score (nSPS) is 12.3. The van der Waals surface area contributed by atoms with Gasteiger partial charge in [-0.1, -0.05) is 6.92 Å². The zero-order valence-electron chi connectivity index (χ0n) is 12.0. The van der Waals surface area contributed by atoms with Crippen molar-refractivity contribution in [1.82, 2.24) is 9.97 Å². The molecule has 0 fully saturated rings. The van der Waals surface area contributed by atoms with Crippen molar-refractivity contribution in [3.8, 4) is 5.88 Å². The monoisotopic (exact) mass is 267 g/mol. The standard InChI is InChI=1S/C13H21N3O3/c1-8(2)19-11-6-10(4)14-13(15-11)16(5)7-9(3)12(17)18/h6,8-9H,7H2,1-5H3,(H,17,18). The number of carbonyl (C=O) groups is 1. The first-order chi connectivity index (χ1) is 8.79. The Morgan fingerprint density at radius 1 is 1.42 bits per heavy atom. The highest BCUT2D eigenvalue weighted by Gasteiger charge is 2.16. The van der Waals surface area contributed by atoms with Crippen molar-refractivity contribution in [3.63, 3.8) is 0 Å². The van der Waals surface area contributed by atoms with Crippen LogP contribution >= 0.6 is 0 Å². The smallest absolute Gasteiger partial charge is 0.308 e. The number of hydrogen-bond donors (Lipinski definition) is 1. The van der Waals surface area contributed by atoms with E-state index in [1.807, 2.05) is 20.8 Å². The fraction of sp³-hybridized carbons (Fsp3) is 0.615. The van der Waals surface area contributed by atoms with Gasteiger partial charge in [-0.15, -0.1) is 0 Å². The van der Waals surface area contributed by atoms with Gasteiger partial charge in [-0.3, -0.25) is 4.79 Å². The largest absolute Gasteiger partial charge is 0.481 e. The first-order valence-corrected chi connectivity index (χ1v) is 6.26. The SMILES string of the molecule is Cc1cc(OC(C)C)nc(N(C)CC(C)C(=O)O)n1. The Kier molecular flexibility index (Phi) is 5.09. The molecule has 1 aromatic heterocycles. The van der Waals surface area contributed by atoms with Gasteiger partial charge in [-0.05, 0) is 20.8 Å². The minimum atomic E-state index is -0.835.